The van der Waals surface area contributed by atoms with Gasteiger partial charge in [0.05, 0.1) is 13.2 Å². The van der Waals surface area contributed by atoms with Crippen LogP contribution in [0.15, 0.2) is 47.2 Å². The lowest BCUT2D eigenvalue weighted by Gasteiger charge is -2.18. The second-order valence-electron chi connectivity index (χ2n) is 4.57. The lowest BCUT2D eigenvalue weighted by molar-refractivity contribution is 0.0935. The van der Waals surface area contributed by atoms with Crippen LogP contribution in [0, 0.1) is 0 Å². The van der Waals surface area contributed by atoms with E-state index in [1.165, 1.54) is 0 Å². The average molecular weight is 349 g/mol. The Kier molecular flexibility index (Phi) is 5.33. The van der Waals surface area contributed by atoms with Gasteiger partial charge in [-0.1, -0.05) is 19.1 Å². The highest BCUT2D eigenvalue weighted by Gasteiger charge is 2.14. The molecule has 4 nitrogen and oxygen atoms in total. The van der Waals surface area contributed by atoms with Crippen molar-refractivity contribution in [1.29, 1.82) is 0 Å². The minimum absolute atomic E-state index is 0.0321. The number of pyridine rings is 1. The Labute approximate surface area is 132 Å². The first kappa shape index (κ1) is 15.5. The first-order valence-corrected chi connectivity index (χ1v) is 7.49. The molecule has 0 fully saturated rings. The highest BCUT2D eigenvalue weighted by atomic mass is 79.9. The third-order valence-electron chi connectivity index (χ3n) is 3.22. The van der Waals surface area contributed by atoms with Crippen LogP contribution in [0.4, 0.5) is 0 Å². The van der Waals surface area contributed by atoms with Crippen molar-refractivity contribution in [3.05, 3.63) is 58.3 Å². The second kappa shape index (κ2) is 7.22. The molecule has 0 aliphatic heterocycles. The fraction of sp³-hybridized carbons (Fsp3) is 0.250. The number of nitrogens with one attached hydrogen (secondary N) is 1. The summed E-state index contributed by atoms with van der Waals surface area (Å²) in [6.07, 6.45) is 2.41. The lowest BCUT2D eigenvalue weighted by atomic mass is 10.0. The quantitative estimate of drug-likeness (QED) is 0.837. The molecule has 0 bridgehead atoms. The van der Waals surface area contributed by atoms with E-state index in [1.807, 2.05) is 31.2 Å². The normalized spacial score (nSPS) is 11.8. The Morgan fingerprint density at radius 3 is 2.62 bits per heavy atom. The van der Waals surface area contributed by atoms with Crippen LogP contribution in [0.2, 0.25) is 0 Å². The summed E-state index contributed by atoms with van der Waals surface area (Å²) in [5, 5.41) is 3.04. The molecule has 21 heavy (non-hydrogen) atoms. The van der Waals surface area contributed by atoms with Crippen LogP contribution in [0.25, 0.3) is 0 Å². The zero-order valence-electron chi connectivity index (χ0n) is 12.0. The Bertz CT molecular complexity index is 614. The summed E-state index contributed by atoms with van der Waals surface area (Å²) < 4.78 is 5.79. The Morgan fingerprint density at radius 2 is 2.05 bits per heavy atom. The van der Waals surface area contributed by atoms with Gasteiger partial charge in [0, 0.05) is 11.8 Å². The number of methoxy groups -OCH3 is 1. The largest absolute Gasteiger partial charge is 0.497 e. The van der Waals surface area contributed by atoms with Gasteiger partial charge in [-0.05, 0) is 52.2 Å². The molecule has 1 atom stereocenters. The second-order valence-corrected chi connectivity index (χ2v) is 5.39. The lowest BCUT2D eigenvalue weighted by Crippen LogP contribution is -2.28. The van der Waals surface area contributed by atoms with Gasteiger partial charge in [-0.3, -0.25) is 4.79 Å². The Morgan fingerprint density at radius 1 is 1.33 bits per heavy atom. The van der Waals surface area contributed by atoms with Gasteiger partial charge in [-0.25, -0.2) is 4.98 Å². The average Bonchev–Trinajstić information content (AvgIpc) is 2.52. The van der Waals surface area contributed by atoms with Crippen molar-refractivity contribution in [2.24, 2.45) is 0 Å². The number of carbonyl (C=O) groups excluding carboxylic acids is 1. The molecule has 0 aliphatic carbocycles. The molecule has 2 rings (SSSR count). The van der Waals surface area contributed by atoms with Crippen molar-refractivity contribution in [2.45, 2.75) is 19.4 Å². The molecule has 1 aromatic heterocycles. The van der Waals surface area contributed by atoms with Crippen LogP contribution in [0.5, 0.6) is 5.75 Å². The third kappa shape index (κ3) is 4.04. The summed E-state index contributed by atoms with van der Waals surface area (Å²) in [5.41, 5.74) is 1.64. The molecule has 1 unspecified atom stereocenters. The van der Waals surface area contributed by atoms with Gasteiger partial charge < -0.3 is 10.1 Å². The van der Waals surface area contributed by atoms with E-state index in [1.54, 1.807) is 25.4 Å². The summed E-state index contributed by atoms with van der Waals surface area (Å²) in [6.45, 7) is 2.04. The molecule has 1 N–H and O–H groups in total. The highest BCUT2D eigenvalue weighted by Crippen LogP contribution is 2.20. The molecule has 1 amide bonds. The van der Waals surface area contributed by atoms with E-state index < -0.39 is 0 Å². The molecule has 2 aromatic rings. The number of amides is 1. The third-order valence-corrected chi connectivity index (χ3v) is 3.65. The van der Waals surface area contributed by atoms with E-state index in [4.69, 9.17) is 4.74 Å². The van der Waals surface area contributed by atoms with E-state index in [-0.39, 0.29) is 11.9 Å². The number of rotatable bonds is 5. The van der Waals surface area contributed by atoms with Crippen molar-refractivity contribution in [3.63, 3.8) is 0 Å². The fourth-order valence-corrected chi connectivity index (χ4v) is 2.41. The summed E-state index contributed by atoms with van der Waals surface area (Å²) >= 11 is 3.27. The van der Waals surface area contributed by atoms with Gasteiger partial charge in [-0.2, -0.15) is 0 Å². The maximum Gasteiger partial charge on any atom is 0.251 e. The van der Waals surface area contributed by atoms with E-state index in [9.17, 15) is 4.79 Å². The van der Waals surface area contributed by atoms with Crippen LogP contribution in [-0.2, 0) is 0 Å². The SMILES string of the molecule is CCC(NC(=O)c1ccnc(Br)c1)c1ccc(OC)cc1. The van der Waals surface area contributed by atoms with Crippen LogP contribution < -0.4 is 10.1 Å². The summed E-state index contributed by atoms with van der Waals surface area (Å²) in [6, 6.07) is 11.1. The zero-order chi connectivity index (χ0) is 15.2. The Balaban J connectivity index is 2.12. The monoisotopic (exact) mass is 348 g/mol. The van der Waals surface area contributed by atoms with E-state index in [2.05, 4.69) is 26.2 Å². The van der Waals surface area contributed by atoms with Gasteiger partial charge in [0.1, 0.15) is 10.4 Å². The molecule has 0 saturated carbocycles. The van der Waals surface area contributed by atoms with Gasteiger partial charge in [-0.15, -0.1) is 0 Å². The topological polar surface area (TPSA) is 51.2 Å². The number of ether oxygens (including phenoxy) is 1. The van der Waals surface area contributed by atoms with E-state index in [0.29, 0.717) is 10.2 Å². The maximum absolute atomic E-state index is 12.3. The number of nitrogens with zero attached hydrogens (tertiary/aromatic N) is 1. The number of aromatic nitrogens is 1. The molecule has 0 spiro atoms. The van der Waals surface area contributed by atoms with Crippen LogP contribution in [0.1, 0.15) is 35.3 Å². The van der Waals surface area contributed by atoms with Crippen molar-refractivity contribution in [3.8, 4) is 5.75 Å². The van der Waals surface area contributed by atoms with Crippen molar-refractivity contribution in [2.75, 3.05) is 7.11 Å². The van der Waals surface area contributed by atoms with Crippen LogP contribution in [0.3, 0.4) is 0 Å². The molecular formula is C16H17BrN2O2. The van der Waals surface area contributed by atoms with Crippen LogP contribution in [-0.4, -0.2) is 18.0 Å². The van der Waals surface area contributed by atoms with E-state index in [0.717, 1.165) is 17.7 Å². The van der Waals surface area contributed by atoms with Gasteiger partial charge in [0.25, 0.3) is 5.91 Å². The zero-order valence-corrected chi connectivity index (χ0v) is 13.6. The highest BCUT2D eigenvalue weighted by molar-refractivity contribution is 9.10. The summed E-state index contributed by atoms with van der Waals surface area (Å²) in [7, 11) is 1.63. The van der Waals surface area contributed by atoms with Crippen LogP contribution >= 0.6 is 15.9 Å². The number of halogens is 1. The first-order valence-electron chi connectivity index (χ1n) is 6.70. The fourth-order valence-electron chi connectivity index (χ4n) is 2.04. The number of hydrogen-bond acceptors (Lipinski definition) is 3. The van der Waals surface area contributed by atoms with Gasteiger partial charge in [0.15, 0.2) is 0 Å². The maximum atomic E-state index is 12.3. The predicted molar refractivity (Wildman–Crippen MR) is 85.4 cm³/mol. The van der Waals surface area contributed by atoms with Crippen molar-refractivity contribution in [1.82, 2.24) is 10.3 Å². The first-order chi connectivity index (χ1) is 10.1. The number of carbonyl (C=O) groups is 1. The predicted octanol–water partition coefficient (Wildman–Crippen LogP) is 3.73. The van der Waals surface area contributed by atoms with E-state index >= 15 is 0 Å². The summed E-state index contributed by atoms with van der Waals surface area (Å²) in [5.74, 6) is 0.693. The molecular weight excluding hydrogens is 332 g/mol. The molecule has 1 aromatic carbocycles. The summed E-state index contributed by atoms with van der Waals surface area (Å²) in [4.78, 5) is 16.3. The van der Waals surface area contributed by atoms with Gasteiger partial charge >= 0.3 is 0 Å². The molecule has 1 heterocycles. The molecule has 0 radical (unpaired) electrons. The standard InChI is InChI=1S/C16H17BrN2O2/c1-3-14(11-4-6-13(21-2)7-5-11)19-16(20)12-8-9-18-15(17)10-12/h4-10,14H,3H2,1-2H3,(H,19,20). The van der Waals surface area contributed by atoms with Crippen molar-refractivity contribution < 1.29 is 9.53 Å². The number of hydrogen-bond donors (Lipinski definition) is 1. The smallest absolute Gasteiger partial charge is 0.251 e. The molecule has 0 saturated heterocycles. The minimum Gasteiger partial charge on any atom is -0.497 e. The Hall–Kier alpha value is -1.88. The molecule has 5 heteroatoms. The molecule has 110 valence electrons. The minimum atomic E-state index is -0.110. The van der Waals surface area contributed by atoms with Crippen molar-refractivity contribution >= 4 is 21.8 Å². The molecule has 0 aliphatic rings. The van der Waals surface area contributed by atoms with Gasteiger partial charge in [0.2, 0.25) is 0 Å². The number of benzene rings is 1.